The number of ether oxygens (including phenoxy) is 2. The average Bonchev–Trinajstić information content (AvgIpc) is 3.30. The third kappa shape index (κ3) is 7.22. The van der Waals surface area contributed by atoms with Crippen LogP contribution in [0.3, 0.4) is 0 Å². The molecule has 7 nitrogen and oxygen atoms in total. The van der Waals surface area contributed by atoms with Crippen LogP contribution >= 0.6 is 24.0 Å². The molecule has 0 aliphatic carbocycles. The van der Waals surface area contributed by atoms with Crippen LogP contribution in [0.25, 0.3) is 0 Å². The molecule has 4 rings (SSSR count). The van der Waals surface area contributed by atoms with E-state index in [9.17, 15) is 0 Å². The van der Waals surface area contributed by atoms with E-state index in [1.807, 2.05) is 13.1 Å². The second kappa shape index (κ2) is 13.0. The minimum atomic E-state index is 0. The standard InChI is InChI=1S/C25H35N5O2.HI/c1-3-29-12-14-30(15-13-29)18-22-7-5-4-6-21(22)17-28-25(26-2)27-11-10-20-8-9-23-24(16-20)32-19-31-23;/h4-9,16H,3,10-15,17-19H2,1-2H3,(H2,26,27,28);1H. The maximum Gasteiger partial charge on any atom is 0.231 e. The number of halogens is 1. The molecule has 0 saturated carbocycles. The van der Waals surface area contributed by atoms with Crippen molar-refractivity contribution in [2.75, 3.05) is 53.1 Å². The van der Waals surface area contributed by atoms with Gasteiger partial charge in [-0.25, -0.2) is 0 Å². The zero-order chi connectivity index (χ0) is 22.2. The van der Waals surface area contributed by atoms with Crippen LogP contribution in [-0.2, 0) is 19.5 Å². The lowest BCUT2D eigenvalue weighted by atomic mass is 10.1. The number of rotatable bonds is 8. The van der Waals surface area contributed by atoms with Gasteiger partial charge in [0.1, 0.15) is 0 Å². The highest BCUT2D eigenvalue weighted by Crippen LogP contribution is 2.32. The zero-order valence-electron chi connectivity index (χ0n) is 19.7. The van der Waals surface area contributed by atoms with Crippen LogP contribution in [0.2, 0.25) is 0 Å². The van der Waals surface area contributed by atoms with E-state index < -0.39 is 0 Å². The van der Waals surface area contributed by atoms with Crippen LogP contribution in [0.4, 0.5) is 0 Å². The lowest BCUT2D eigenvalue weighted by Crippen LogP contribution is -2.45. The van der Waals surface area contributed by atoms with E-state index in [0.29, 0.717) is 6.79 Å². The fraction of sp³-hybridized carbons (Fsp3) is 0.480. The van der Waals surface area contributed by atoms with Crippen molar-refractivity contribution in [2.45, 2.75) is 26.4 Å². The van der Waals surface area contributed by atoms with Gasteiger partial charge in [0.25, 0.3) is 0 Å². The Morgan fingerprint density at radius 2 is 1.67 bits per heavy atom. The average molecular weight is 566 g/mol. The van der Waals surface area contributed by atoms with E-state index in [1.165, 1.54) is 16.7 Å². The van der Waals surface area contributed by atoms with Crippen LogP contribution in [0.5, 0.6) is 11.5 Å². The molecule has 1 fully saturated rings. The van der Waals surface area contributed by atoms with Crippen molar-refractivity contribution < 1.29 is 9.47 Å². The Bertz CT molecular complexity index is 915. The molecule has 2 aliphatic heterocycles. The molecule has 0 atom stereocenters. The van der Waals surface area contributed by atoms with Gasteiger partial charge in [-0.15, -0.1) is 24.0 Å². The van der Waals surface area contributed by atoms with Crippen molar-refractivity contribution in [1.82, 2.24) is 20.4 Å². The van der Waals surface area contributed by atoms with E-state index in [1.54, 1.807) is 0 Å². The number of hydrogen-bond acceptors (Lipinski definition) is 5. The molecule has 1 saturated heterocycles. The summed E-state index contributed by atoms with van der Waals surface area (Å²) in [5.74, 6) is 2.47. The normalized spacial score (nSPS) is 16.4. The van der Waals surface area contributed by atoms with Crippen LogP contribution in [0.1, 0.15) is 23.6 Å². The van der Waals surface area contributed by atoms with Gasteiger partial charge in [-0.2, -0.15) is 0 Å². The molecule has 180 valence electrons. The third-order valence-corrected chi connectivity index (χ3v) is 6.24. The first-order valence-corrected chi connectivity index (χ1v) is 11.6. The Hall–Kier alpha value is -2.04. The number of benzene rings is 2. The first kappa shape index (κ1) is 25.6. The smallest absolute Gasteiger partial charge is 0.231 e. The van der Waals surface area contributed by atoms with E-state index in [4.69, 9.17) is 9.47 Å². The van der Waals surface area contributed by atoms with Gasteiger partial charge < -0.3 is 25.0 Å². The lowest BCUT2D eigenvalue weighted by molar-refractivity contribution is 0.131. The Balaban J connectivity index is 0.00000306. The highest BCUT2D eigenvalue weighted by atomic mass is 127. The number of nitrogens with one attached hydrogen (secondary N) is 2. The number of guanidine groups is 1. The number of fused-ring (bicyclic) bond motifs is 1. The zero-order valence-corrected chi connectivity index (χ0v) is 22.0. The predicted octanol–water partition coefficient (Wildman–Crippen LogP) is 3.08. The van der Waals surface area contributed by atoms with Gasteiger partial charge in [0.15, 0.2) is 17.5 Å². The molecule has 33 heavy (non-hydrogen) atoms. The van der Waals surface area contributed by atoms with E-state index in [-0.39, 0.29) is 24.0 Å². The van der Waals surface area contributed by atoms with Crippen molar-refractivity contribution >= 4 is 29.9 Å². The molecule has 8 heteroatoms. The molecule has 2 aliphatic rings. The van der Waals surface area contributed by atoms with E-state index in [2.05, 4.69) is 68.7 Å². The lowest BCUT2D eigenvalue weighted by Gasteiger charge is -2.34. The monoisotopic (exact) mass is 565 g/mol. The summed E-state index contributed by atoms with van der Waals surface area (Å²) in [6, 6.07) is 14.8. The van der Waals surface area contributed by atoms with Gasteiger partial charge in [0.2, 0.25) is 6.79 Å². The fourth-order valence-corrected chi connectivity index (χ4v) is 4.21. The summed E-state index contributed by atoms with van der Waals surface area (Å²) in [5.41, 5.74) is 3.93. The Morgan fingerprint density at radius 3 is 2.42 bits per heavy atom. The Kier molecular flexibility index (Phi) is 10.1. The summed E-state index contributed by atoms with van der Waals surface area (Å²) in [6.07, 6.45) is 0.887. The third-order valence-electron chi connectivity index (χ3n) is 6.24. The molecule has 2 N–H and O–H groups in total. The predicted molar refractivity (Wildman–Crippen MR) is 144 cm³/mol. The van der Waals surface area contributed by atoms with Gasteiger partial charge in [-0.3, -0.25) is 9.89 Å². The van der Waals surface area contributed by atoms with Crippen LogP contribution in [0.15, 0.2) is 47.5 Å². The van der Waals surface area contributed by atoms with Crippen LogP contribution in [0, 0.1) is 0 Å². The van der Waals surface area contributed by atoms with Gasteiger partial charge >= 0.3 is 0 Å². The molecule has 2 heterocycles. The molecule has 2 aromatic carbocycles. The summed E-state index contributed by atoms with van der Waals surface area (Å²) < 4.78 is 10.9. The largest absolute Gasteiger partial charge is 0.454 e. The molecular weight excluding hydrogens is 529 g/mol. The van der Waals surface area contributed by atoms with Crippen LogP contribution < -0.4 is 20.1 Å². The minimum absolute atomic E-state index is 0. The molecular formula is C25H36IN5O2. The molecule has 0 amide bonds. The van der Waals surface area contributed by atoms with Gasteiger partial charge in [0, 0.05) is 52.9 Å². The van der Waals surface area contributed by atoms with Gasteiger partial charge in [0.05, 0.1) is 0 Å². The second-order valence-corrected chi connectivity index (χ2v) is 8.27. The van der Waals surface area contributed by atoms with Crippen molar-refractivity contribution in [3.63, 3.8) is 0 Å². The van der Waals surface area contributed by atoms with Crippen LogP contribution in [-0.4, -0.2) is 68.9 Å². The Morgan fingerprint density at radius 1 is 0.939 bits per heavy atom. The Labute approximate surface area is 214 Å². The minimum Gasteiger partial charge on any atom is -0.454 e. The maximum atomic E-state index is 5.47. The highest BCUT2D eigenvalue weighted by Gasteiger charge is 2.17. The summed E-state index contributed by atoms with van der Waals surface area (Å²) in [6.45, 7) is 10.9. The second-order valence-electron chi connectivity index (χ2n) is 8.27. The number of aliphatic imine (C=N–C) groups is 1. The molecule has 0 radical (unpaired) electrons. The summed E-state index contributed by atoms with van der Waals surface area (Å²) in [4.78, 5) is 9.47. The SMILES string of the molecule is CCN1CCN(Cc2ccccc2CNC(=NC)NCCc2ccc3c(c2)OCO3)CC1.I. The summed E-state index contributed by atoms with van der Waals surface area (Å²) >= 11 is 0. The van der Waals surface area contributed by atoms with Gasteiger partial charge in [-0.1, -0.05) is 37.3 Å². The number of hydrogen-bond donors (Lipinski definition) is 2. The quantitative estimate of drug-likeness (QED) is 0.292. The van der Waals surface area contributed by atoms with E-state index >= 15 is 0 Å². The van der Waals surface area contributed by atoms with Gasteiger partial charge in [-0.05, 0) is 41.8 Å². The molecule has 0 unspecified atom stereocenters. The number of piperazine rings is 1. The first-order valence-electron chi connectivity index (χ1n) is 11.6. The number of nitrogens with zero attached hydrogens (tertiary/aromatic N) is 3. The summed E-state index contributed by atoms with van der Waals surface area (Å²) in [7, 11) is 1.81. The van der Waals surface area contributed by atoms with E-state index in [0.717, 1.165) is 76.2 Å². The fourth-order valence-electron chi connectivity index (χ4n) is 4.21. The topological polar surface area (TPSA) is 61.4 Å². The molecule has 0 bridgehead atoms. The van der Waals surface area contributed by atoms with Crippen molar-refractivity contribution in [3.8, 4) is 11.5 Å². The molecule has 0 aromatic heterocycles. The van der Waals surface area contributed by atoms with Crippen molar-refractivity contribution in [2.24, 2.45) is 4.99 Å². The highest BCUT2D eigenvalue weighted by molar-refractivity contribution is 14.0. The first-order chi connectivity index (χ1) is 15.7. The van der Waals surface area contributed by atoms with Crippen molar-refractivity contribution in [1.29, 1.82) is 0 Å². The summed E-state index contributed by atoms with van der Waals surface area (Å²) in [5, 5.41) is 6.89. The molecule has 2 aromatic rings. The van der Waals surface area contributed by atoms with Crippen molar-refractivity contribution in [3.05, 3.63) is 59.2 Å². The molecule has 0 spiro atoms. The number of likely N-dealkylation sites (N-methyl/N-ethyl adjacent to an activating group) is 1. The maximum absolute atomic E-state index is 5.47.